The molecule has 0 saturated carbocycles. The molecule has 2 amide bonds. The smallest absolute Gasteiger partial charge is 0.253 e. The van der Waals surface area contributed by atoms with Crippen LogP contribution in [0.1, 0.15) is 26.3 Å². The number of rotatable bonds is 5. The van der Waals surface area contributed by atoms with Gasteiger partial charge in [0.05, 0.1) is 16.2 Å². The van der Waals surface area contributed by atoms with E-state index < -0.39 is 9.84 Å². The van der Waals surface area contributed by atoms with Crippen LogP contribution in [0.3, 0.4) is 0 Å². The van der Waals surface area contributed by atoms with E-state index in [1.807, 2.05) is 30.3 Å². The molecule has 0 unspecified atom stereocenters. The van der Waals surface area contributed by atoms with Crippen molar-refractivity contribution in [2.75, 3.05) is 26.2 Å². The van der Waals surface area contributed by atoms with E-state index in [4.69, 9.17) is 0 Å². The molecule has 182 valence electrons. The summed E-state index contributed by atoms with van der Waals surface area (Å²) in [5, 5.41) is 0.769. The number of nitrogens with zero attached hydrogens (tertiary/aromatic N) is 3. The summed E-state index contributed by atoms with van der Waals surface area (Å²) in [6.45, 7) is 1.83. The fourth-order valence-corrected chi connectivity index (χ4v) is 5.96. The van der Waals surface area contributed by atoms with Crippen LogP contribution in [-0.4, -0.2) is 61.2 Å². The van der Waals surface area contributed by atoms with E-state index in [-0.39, 0.29) is 22.5 Å². The first-order valence-corrected chi connectivity index (χ1v) is 13.4. The first kappa shape index (κ1) is 23.7. The summed E-state index contributed by atoms with van der Waals surface area (Å²) < 4.78 is 26.2. The maximum atomic E-state index is 13.1. The van der Waals surface area contributed by atoms with Crippen molar-refractivity contribution in [1.82, 2.24) is 14.8 Å². The molecule has 1 fully saturated rings. The molecule has 36 heavy (non-hydrogen) atoms. The van der Waals surface area contributed by atoms with E-state index in [1.54, 1.807) is 70.6 Å². The summed E-state index contributed by atoms with van der Waals surface area (Å²) in [7, 11) is -3.63. The summed E-state index contributed by atoms with van der Waals surface area (Å²) in [5.74, 6) is -0.346. The van der Waals surface area contributed by atoms with Gasteiger partial charge >= 0.3 is 0 Å². The van der Waals surface area contributed by atoms with Gasteiger partial charge in [0.25, 0.3) is 11.8 Å². The van der Waals surface area contributed by atoms with Crippen molar-refractivity contribution in [2.24, 2.45) is 0 Å². The molecule has 0 bridgehead atoms. The quantitative estimate of drug-likeness (QED) is 0.417. The molecule has 0 spiro atoms. The van der Waals surface area contributed by atoms with Crippen LogP contribution >= 0.6 is 0 Å². The minimum absolute atomic E-state index is 0.0327. The molecular formula is C28H25N3O4S. The molecule has 0 N–H and O–H groups in total. The molecule has 8 heteroatoms. The highest BCUT2D eigenvalue weighted by atomic mass is 32.2. The highest BCUT2D eigenvalue weighted by molar-refractivity contribution is 7.90. The topological polar surface area (TPSA) is 87.7 Å². The van der Waals surface area contributed by atoms with Gasteiger partial charge in [-0.2, -0.15) is 0 Å². The van der Waals surface area contributed by atoms with E-state index in [1.165, 1.54) is 0 Å². The minimum atomic E-state index is -3.63. The maximum Gasteiger partial charge on any atom is 0.253 e. The van der Waals surface area contributed by atoms with E-state index in [0.29, 0.717) is 48.4 Å². The number of sulfone groups is 1. The summed E-state index contributed by atoms with van der Waals surface area (Å²) in [4.78, 5) is 33.6. The van der Waals surface area contributed by atoms with Crippen molar-refractivity contribution >= 4 is 32.6 Å². The van der Waals surface area contributed by atoms with Crippen LogP contribution in [0, 0.1) is 0 Å². The number of piperazine rings is 1. The van der Waals surface area contributed by atoms with Gasteiger partial charge in [-0.1, -0.05) is 48.5 Å². The van der Waals surface area contributed by atoms with Crippen LogP contribution < -0.4 is 0 Å². The Morgan fingerprint density at radius 2 is 1.28 bits per heavy atom. The van der Waals surface area contributed by atoms with Crippen LogP contribution in [0.4, 0.5) is 0 Å². The molecule has 4 aromatic rings. The Kier molecular flexibility index (Phi) is 6.52. The fraction of sp³-hybridized carbons (Fsp3) is 0.179. The van der Waals surface area contributed by atoms with Crippen molar-refractivity contribution in [2.45, 2.75) is 10.6 Å². The SMILES string of the molecule is O=C(c1ccccc1)N1CCN(C(=O)c2ccc(CS(=O)(=O)c3cccc4cccnc34)cc2)CC1. The number of hydrogen-bond donors (Lipinski definition) is 0. The van der Waals surface area contributed by atoms with Crippen LogP contribution in [-0.2, 0) is 15.6 Å². The fourth-order valence-electron chi connectivity index (χ4n) is 4.43. The lowest BCUT2D eigenvalue weighted by molar-refractivity contribution is 0.0535. The predicted octanol–water partition coefficient (Wildman–Crippen LogP) is 3.81. The maximum absolute atomic E-state index is 13.1. The van der Waals surface area contributed by atoms with Crippen LogP contribution in [0.5, 0.6) is 0 Å². The first-order valence-electron chi connectivity index (χ1n) is 11.7. The lowest BCUT2D eigenvalue weighted by atomic mass is 10.1. The number of fused-ring (bicyclic) bond motifs is 1. The Labute approximate surface area is 209 Å². The highest BCUT2D eigenvalue weighted by Gasteiger charge is 2.26. The Bertz CT molecular complexity index is 1510. The van der Waals surface area contributed by atoms with Gasteiger partial charge in [-0.3, -0.25) is 14.6 Å². The lowest BCUT2D eigenvalue weighted by Gasteiger charge is -2.35. The van der Waals surface area contributed by atoms with Crippen LogP contribution in [0.15, 0.2) is 96.0 Å². The minimum Gasteiger partial charge on any atom is -0.335 e. The number of carbonyl (C=O) groups excluding carboxylic acids is 2. The van der Waals surface area contributed by atoms with E-state index in [9.17, 15) is 18.0 Å². The van der Waals surface area contributed by atoms with Gasteiger partial charge in [-0.25, -0.2) is 8.42 Å². The Morgan fingerprint density at radius 3 is 1.92 bits per heavy atom. The summed E-state index contributed by atoms with van der Waals surface area (Å²) in [6, 6.07) is 24.5. The number of para-hydroxylation sites is 1. The third-order valence-corrected chi connectivity index (χ3v) is 8.08. The zero-order valence-corrected chi connectivity index (χ0v) is 20.4. The van der Waals surface area contributed by atoms with Crippen molar-refractivity contribution in [3.05, 3.63) is 108 Å². The number of aromatic nitrogens is 1. The zero-order valence-electron chi connectivity index (χ0n) is 19.6. The molecule has 0 atom stereocenters. The van der Waals surface area contributed by atoms with Gasteiger partial charge < -0.3 is 9.80 Å². The number of benzene rings is 3. The van der Waals surface area contributed by atoms with Crippen molar-refractivity contribution in [1.29, 1.82) is 0 Å². The van der Waals surface area contributed by atoms with Gasteiger partial charge in [0.1, 0.15) is 0 Å². The molecule has 1 aliphatic rings. The summed E-state index contributed by atoms with van der Waals surface area (Å²) >= 11 is 0. The predicted molar refractivity (Wildman–Crippen MR) is 137 cm³/mol. The third-order valence-electron chi connectivity index (χ3n) is 6.36. The van der Waals surface area contributed by atoms with Gasteiger partial charge in [0, 0.05) is 48.9 Å². The molecule has 1 aromatic heterocycles. The third kappa shape index (κ3) is 4.85. The van der Waals surface area contributed by atoms with Gasteiger partial charge in [-0.15, -0.1) is 0 Å². The monoisotopic (exact) mass is 499 g/mol. The molecular weight excluding hydrogens is 474 g/mol. The molecule has 2 heterocycles. The van der Waals surface area contributed by atoms with E-state index >= 15 is 0 Å². The zero-order chi connectivity index (χ0) is 25.1. The number of hydrogen-bond acceptors (Lipinski definition) is 5. The van der Waals surface area contributed by atoms with Gasteiger partial charge in [0.15, 0.2) is 9.84 Å². The molecule has 5 rings (SSSR count). The molecule has 0 aliphatic carbocycles. The summed E-state index contributed by atoms with van der Waals surface area (Å²) in [6.07, 6.45) is 1.58. The first-order chi connectivity index (χ1) is 17.4. The largest absolute Gasteiger partial charge is 0.335 e. The van der Waals surface area contributed by atoms with Gasteiger partial charge in [0.2, 0.25) is 0 Å². The van der Waals surface area contributed by atoms with Crippen molar-refractivity contribution in [3.8, 4) is 0 Å². The van der Waals surface area contributed by atoms with E-state index in [2.05, 4.69) is 4.98 Å². The summed E-state index contributed by atoms with van der Waals surface area (Å²) in [5.41, 5.74) is 2.18. The molecule has 1 saturated heterocycles. The van der Waals surface area contributed by atoms with Crippen molar-refractivity contribution in [3.63, 3.8) is 0 Å². The Morgan fingerprint density at radius 1 is 0.694 bits per heavy atom. The van der Waals surface area contributed by atoms with Crippen LogP contribution in [0.2, 0.25) is 0 Å². The molecule has 0 radical (unpaired) electrons. The lowest BCUT2D eigenvalue weighted by Crippen LogP contribution is -2.50. The number of carbonyl (C=O) groups is 2. The molecule has 7 nitrogen and oxygen atoms in total. The standard InChI is InChI=1S/C28H25N3O4S/c32-27(23-6-2-1-3-7-23)30-16-18-31(19-17-30)28(33)24-13-11-21(12-14-24)20-36(34,35)25-10-4-8-22-9-5-15-29-26(22)25/h1-15H,16-20H2. The number of pyridine rings is 1. The Balaban J connectivity index is 1.23. The van der Waals surface area contributed by atoms with Crippen molar-refractivity contribution < 1.29 is 18.0 Å². The second-order valence-electron chi connectivity index (χ2n) is 8.74. The normalized spacial score (nSPS) is 14.1. The second-order valence-corrected chi connectivity index (χ2v) is 10.7. The van der Waals surface area contributed by atoms with Crippen LogP contribution in [0.25, 0.3) is 10.9 Å². The molecule has 3 aromatic carbocycles. The van der Waals surface area contributed by atoms with Gasteiger partial charge in [-0.05, 0) is 42.0 Å². The van der Waals surface area contributed by atoms with E-state index in [0.717, 1.165) is 5.39 Å². The number of amides is 2. The highest BCUT2D eigenvalue weighted by Crippen LogP contribution is 2.24. The average molecular weight is 500 g/mol. The average Bonchev–Trinajstić information content (AvgIpc) is 2.93. The second kappa shape index (κ2) is 9.91. The Hall–Kier alpha value is -4.04. The molecule has 1 aliphatic heterocycles.